The summed E-state index contributed by atoms with van der Waals surface area (Å²) in [6.07, 6.45) is 1.63. The van der Waals surface area contributed by atoms with Gasteiger partial charge in [0.15, 0.2) is 0 Å². The van der Waals surface area contributed by atoms with Crippen LogP contribution in [0.2, 0.25) is 25.7 Å². The normalized spacial score (nSPS) is 13.0. The fourth-order valence-electron chi connectivity index (χ4n) is 3.68. The lowest BCUT2D eigenvalue weighted by Gasteiger charge is -2.18. The largest absolute Gasteiger partial charge is 0.408 e. The van der Waals surface area contributed by atoms with Crippen LogP contribution in [0.15, 0.2) is 43.0 Å². The van der Waals surface area contributed by atoms with Crippen molar-refractivity contribution in [2.75, 3.05) is 17.2 Å². The maximum absolute atomic E-state index is 13.1. The second-order valence-electron chi connectivity index (χ2n) is 10.5. The van der Waals surface area contributed by atoms with Gasteiger partial charge in [-0.25, -0.2) is 15.0 Å². The standard InChI is InChI=1S/C25H31F3N8O2Si/c1-16(25(26,27)28)32-24-29-7-6-19(33-24)21-10-17-12-30-22(34-23(37)18-13-31-35(2)14-18)11-20(17)36(21)15-38-8-9-39(3,4)5/h6-7,10-14,16H,8-9,15H2,1-5H3,(H,29,32,33)(H,30,34,37). The van der Waals surface area contributed by atoms with Crippen LogP contribution in [-0.4, -0.2) is 62.1 Å². The molecule has 0 spiro atoms. The molecule has 1 unspecified atom stereocenters. The van der Waals surface area contributed by atoms with Gasteiger partial charge in [0.05, 0.1) is 28.7 Å². The molecule has 0 aliphatic heterocycles. The predicted octanol–water partition coefficient (Wildman–Crippen LogP) is 5.15. The Bertz CT molecular complexity index is 1460. The number of halogens is 3. The molecule has 1 amide bonds. The van der Waals surface area contributed by atoms with Crippen LogP contribution in [0.25, 0.3) is 22.3 Å². The Labute approximate surface area is 224 Å². The molecule has 14 heteroatoms. The van der Waals surface area contributed by atoms with Gasteiger partial charge >= 0.3 is 6.18 Å². The highest BCUT2D eigenvalue weighted by atomic mass is 28.3. The zero-order valence-corrected chi connectivity index (χ0v) is 23.4. The van der Waals surface area contributed by atoms with Gasteiger partial charge in [0.1, 0.15) is 18.6 Å². The molecule has 0 saturated heterocycles. The van der Waals surface area contributed by atoms with Crippen LogP contribution in [0, 0.1) is 0 Å². The molecular formula is C25H31F3N8O2Si. The zero-order valence-electron chi connectivity index (χ0n) is 22.4. The topological polar surface area (TPSA) is 112 Å². The van der Waals surface area contributed by atoms with Gasteiger partial charge < -0.3 is 19.9 Å². The number of pyridine rings is 1. The number of anilines is 2. The summed E-state index contributed by atoms with van der Waals surface area (Å²) in [5.74, 6) is -0.172. The number of carbonyl (C=O) groups is 1. The SMILES string of the molecule is CC(Nc1nccc(-c2cc3cnc(NC(=O)c4cnn(C)c4)cc3n2COCC[Si](C)(C)C)n1)C(F)(F)F. The number of fused-ring (bicyclic) bond motifs is 1. The average Bonchev–Trinajstić information content (AvgIpc) is 3.44. The molecule has 4 aromatic rings. The van der Waals surface area contributed by atoms with E-state index in [0.717, 1.165) is 18.4 Å². The average molecular weight is 561 g/mol. The predicted molar refractivity (Wildman–Crippen MR) is 145 cm³/mol. The van der Waals surface area contributed by atoms with Crippen LogP contribution in [0.3, 0.4) is 0 Å². The number of alkyl halides is 3. The molecule has 0 radical (unpaired) electrons. The summed E-state index contributed by atoms with van der Waals surface area (Å²) < 4.78 is 48.7. The summed E-state index contributed by atoms with van der Waals surface area (Å²) in [4.78, 5) is 25.3. The van der Waals surface area contributed by atoms with E-state index in [1.165, 1.54) is 17.1 Å². The summed E-state index contributed by atoms with van der Waals surface area (Å²) in [6, 6.07) is 4.32. The summed E-state index contributed by atoms with van der Waals surface area (Å²) in [6.45, 7) is 8.51. The smallest absolute Gasteiger partial charge is 0.361 e. The summed E-state index contributed by atoms with van der Waals surface area (Å²) >= 11 is 0. The quantitative estimate of drug-likeness (QED) is 0.204. The Morgan fingerprint density at radius 3 is 2.62 bits per heavy atom. The van der Waals surface area contributed by atoms with Gasteiger partial charge in [-0.05, 0) is 25.1 Å². The Hall–Kier alpha value is -3.78. The molecule has 4 heterocycles. The Kier molecular flexibility index (Phi) is 8.06. The fourth-order valence-corrected chi connectivity index (χ4v) is 4.44. The molecule has 10 nitrogen and oxygen atoms in total. The number of nitrogens with one attached hydrogen (secondary N) is 2. The third kappa shape index (κ3) is 7.20. The molecule has 2 N–H and O–H groups in total. The van der Waals surface area contributed by atoms with Crippen LogP contribution in [0.5, 0.6) is 0 Å². The minimum atomic E-state index is -4.44. The van der Waals surface area contributed by atoms with Gasteiger partial charge in [0, 0.05) is 51.8 Å². The van der Waals surface area contributed by atoms with Gasteiger partial charge in [-0.2, -0.15) is 18.3 Å². The molecule has 208 valence electrons. The van der Waals surface area contributed by atoms with Gasteiger partial charge in [-0.1, -0.05) is 19.6 Å². The molecule has 0 bridgehead atoms. The van der Waals surface area contributed by atoms with Crippen molar-refractivity contribution in [3.05, 3.63) is 48.5 Å². The lowest BCUT2D eigenvalue weighted by Crippen LogP contribution is -2.33. The van der Waals surface area contributed by atoms with E-state index in [4.69, 9.17) is 4.74 Å². The number of carbonyl (C=O) groups excluding carboxylic acids is 1. The minimum absolute atomic E-state index is 0.142. The lowest BCUT2D eigenvalue weighted by atomic mass is 10.2. The van der Waals surface area contributed by atoms with E-state index in [0.29, 0.717) is 34.9 Å². The Morgan fingerprint density at radius 2 is 1.95 bits per heavy atom. The number of nitrogens with zero attached hydrogens (tertiary/aromatic N) is 6. The van der Waals surface area contributed by atoms with Gasteiger partial charge in [0.25, 0.3) is 5.91 Å². The van der Waals surface area contributed by atoms with E-state index in [9.17, 15) is 18.0 Å². The van der Waals surface area contributed by atoms with E-state index in [-0.39, 0.29) is 18.6 Å². The van der Waals surface area contributed by atoms with Crippen molar-refractivity contribution in [3.63, 3.8) is 0 Å². The Balaban J connectivity index is 1.68. The highest BCUT2D eigenvalue weighted by molar-refractivity contribution is 6.76. The van der Waals surface area contributed by atoms with Crippen molar-refractivity contribution >= 4 is 36.7 Å². The molecule has 4 aromatic heterocycles. The first kappa shape index (κ1) is 28.2. The number of amides is 1. The first-order valence-electron chi connectivity index (χ1n) is 12.3. The van der Waals surface area contributed by atoms with Crippen molar-refractivity contribution in [1.29, 1.82) is 0 Å². The number of hydrogen-bond acceptors (Lipinski definition) is 7. The second kappa shape index (κ2) is 11.1. The van der Waals surface area contributed by atoms with E-state index < -0.39 is 20.3 Å². The molecule has 0 aliphatic carbocycles. The Morgan fingerprint density at radius 1 is 1.18 bits per heavy atom. The molecule has 4 rings (SSSR count). The highest BCUT2D eigenvalue weighted by Gasteiger charge is 2.36. The van der Waals surface area contributed by atoms with E-state index >= 15 is 0 Å². The summed E-state index contributed by atoms with van der Waals surface area (Å²) in [5.41, 5.74) is 2.12. The maximum Gasteiger partial charge on any atom is 0.408 e. The number of aromatic nitrogens is 6. The number of aryl methyl sites for hydroxylation is 1. The molecule has 0 aliphatic rings. The van der Waals surface area contributed by atoms with Crippen LogP contribution < -0.4 is 10.6 Å². The third-order valence-electron chi connectivity index (χ3n) is 5.97. The van der Waals surface area contributed by atoms with E-state index in [2.05, 4.69) is 50.3 Å². The number of ether oxygens (including phenoxy) is 1. The highest BCUT2D eigenvalue weighted by Crippen LogP contribution is 2.30. The molecule has 0 aromatic carbocycles. The van der Waals surface area contributed by atoms with Crippen LogP contribution >= 0.6 is 0 Å². The molecular weight excluding hydrogens is 529 g/mol. The molecule has 1 atom stereocenters. The summed E-state index contributed by atoms with van der Waals surface area (Å²) in [5, 5.41) is 9.85. The van der Waals surface area contributed by atoms with Crippen LogP contribution in [0.1, 0.15) is 17.3 Å². The third-order valence-corrected chi connectivity index (χ3v) is 7.67. The fraction of sp³-hybridized carbons (Fsp3) is 0.400. The first-order valence-corrected chi connectivity index (χ1v) is 16.0. The van der Waals surface area contributed by atoms with Crippen LogP contribution in [-0.2, 0) is 18.5 Å². The first-order chi connectivity index (χ1) is 18.3. The monoisotopic (exact) mass is 560 g/mol. The van der Waals surface area contributed by atoms with Crippen molar-refractivity contribution in [3.8, 4) is 11.4 Å². The number of hydrogen-bond donors (Lipinski definition) is 2. The molecule has 0 fully saturated rings. The van der Waals surface area contributed by atoms with E-state index in [1.54, 1.807) is 31.6 Å². The summed E-state index contributed by atoms with van der Waals surface area (Å²) in [7, 11) is 0.391. The van der Waals surface area contributed by atoms with E-state index in [1.807, 2.05) is 10.6 Å². The van der Waals surface area contributed by atoms with Crippen molar-refractivity contribution < 1.29 is 22.7 Å². The molecule has 39 heavy (non-hydrogen) atoms. The van der Waals surface area contributed by atoms with Gasteiger partial charge in [-0.15, -0.1) is 0 Å². The maximum atomic E-state index is 13.1. The van der Waals surface area contributed by atoms with Crippen molar-refractivity contribution in [2.45, 2.75) is 51.6 Å². The lowest BCUT2D eigenvalue weighted by molar-refractivity contribution is -0.138. The van der Waals surface area contributed by atoms with Gasteiger partial charge in [0.2, 0.25) is 5.95 Å². The van der Waals surface area contributed by atoms with Crippen molar-refractivity contribution in [2.24, 2.45) is 7.05 Å². The minimum Gasteiger partial charge on any atom is -0.361 e. The molecule has 0 saturated carbocycles. The second-order valence-corrected chi connectivity index (χ2v) is 16.1. The van der Waals surface area contributed by atoms with Crippen molar-refractivity contribution in [1.82, 2.24) is 29.3 Å². The zero-order chi connectivity index (χ0) is 28.4. The van der Waals surface area contributed by atoms with Gasteiger partial charge in [-0.3, -0.25) is 9.48 Å². The van der Waals surface area contributed by atoms with Crippen LogP contribution in [0.4, 0.5) is 24.9 Å². The number of rotatable bonds is 10.